The summed E-state index contributed by atoms with van der Waals surface area (Å²) in [6, 6.07) is 15.5. The van der Waals surface area contributed by atoms with Crippen molar-refractivity contribution in [2.24, 2.45) is 0 Å². The zero-order valence-electron chi connectivity index (χ0n) is 18.8. The smallest absolute Gasteiger partial charge is 0.267 e. The minimum Gasteiger partial charge on any atom is -0.351 e. The molecule has 1 aliphatic rings. The van der Waals surface area contributed by atoms with E-state index in [2.05, 4.69) is 47.9 Å². The van der Waals surface area contributed by atoms with Crippen LogP contribution in [0.5, 0.6) is 0 Å². The molecule has 0 saturated carbocycles. The third-order valence-corrected chi connectivity index (χ3v) is 6.26. The van der Waals surface area contributed by atoms with E-state index < -0.39 is 0 Å². The van der Waals surface area contributed by atoms with Gasteiger partial charge in [0.05, 0.1) is 11.0 Å². The number of amides is 2. The average Bonchev–Trinajstić information content (AvgIpc) is 3.28. The number of para-hydroxylation sites is 2. The maximum atomic E-state index is 13.2. The summed E-state index contributed by atoms with van der Waals surface area (Å²) in [6.07, 6.45) is 0.810. The van der Waals surface area contributed by atoms with Crippen LogP contribution < -0.4 is 10.6 Å². The number of benzene rings is 2. The highest BCUT2D eigenvalue weighted by Crippen LogP contribution is 2.32. The van der Waals surface area contributed by atoms with Crippen LogP contribution in [0.25, 0.3) is 21.9 Å². The molecule has 164 valence electrons. The Morgan fingerprint density at radius 2 is 1.91 bits per heavy atom. The van der Waals surface area contributed by atoms with Crippen molar-refractivity contribution >= 4 is 39.7 Å². The van der Waals surface area contributed by atoms with Gasteiger partial charge in [-0.15, -0.1) is 0 Å². The second-order valence-corrected chi connectivity index (χ2v) is 9.30. The first-order valence-electron chi connectivity index (χ1n) is 11.0. The fourth-order valence-corrected chi connectivity index (χ4v) is 4.67. The molecular weight excluding hydrogens is 402 g/mol. The summed E-state index contributed by atoms with van der Waals surface area (Å²) >= 11 is 0. The van der Waals surface area contributed by atoms with E-state index in [9.17, 15) is 9.59 Å². The fourth-order valence-electron chi connectivity index (χ4n) is 4.67. The fraction of sp³-hybridized carbons (Fsp3) is 0.320. The Kier molecular flexibility index (Phi) is 4.58. The maximum Gasteiger partial charge on any atom is 0.267 e. The standard InChI is InChI=1S/C25H27N5O2/c1-15(2)29-19-8-6-5-7-18(19)27-24(29)28-22(31)17-10-9-16-13-21-23(32)26-12-11-25(3,4)30(21)20(16)14-17/h5-10,13-15H,11-12H2,1-4H3,(H,26,32)(H,27,28,31). The number of hydrogen-bond acceptors (Lipinski definition) is 3. The van der Waals surface area contributed by atoms with Crippen molar-refractivity contribution in [1.29, 1.82) is 0 Å². The van der Waals surface area contributed by atoms with Crippen LogP contribution in [0, 0.1) is 0 Å². The van der Waals surface area contributed by atoms with Crippen molar-refractivity contribution < 1.29 is 9.59 Å². The van der Waals surface area contributed by atoms with Crippen molar-refractivity contribution in [3.05, 3.63) is 59.8 Å². The molecule has 0 radical (unpaired) electrons. The third kappa shape index (κ3) is 3.16. The number of nitrogens with one attached hydrogen (secondary N) is 2. The number of carbonyl (C=O) groups excluding carboxylic acids is 2. The van der Waals surface area contributed by atoms with Crippen molar-refractivity contribution in [2.75, 3.05) is 11.9 Å². The van der Waals surface area contributed by atoms with E-state index in [1.807, 2.05) is 47.0 Å². The predicted molar refractivity (Wildman–Crippen MR) is 126 cm³/mol. The van der Waals surface area contributed by atoms with Gasteiger partial charge in [-0.25, -0.2) is 4.98 Å². The first-order valence-corrected chi connectivity index (χ1v) is 11.0. The van der Waals surface area contributed by atoms with Crippen LogP contribution in [-0.4, -0.2) is 32.5 Å². The van der Waals surface area contributed by atoms with Crippen molar-refractivity contribution in [3.8, 4) is 0 Å². The number of rotatable bonds is 3. The van der Waals surface area contributed by atoms with Crippen molar-refractivity contribution in [2.45, 2.75) is 45.7 Å². The first-order chi connectivity index (χ1) is 15.3. The molecule has 3 heterocycles. The lowest BCUT2D eigenvalue weighted by Gasteiger charge is -2.27. The number of imidazole rings is 1. The zero-order chi connectivity index (χ0) is 22.6. The van der Waals surface area contributed by atoms with Gasteiger partial charge >= 0.3 is 0 Å². The summed E-state index contributed by atoms with van der Waals surface area (Å²) in [5, 5.41) is 6.91. The Hall–Kier alpha value is -3.61. The summed E-state index contributed by atoms with van der Waals surface area (Å²) in [4.78, 5) is 30.5. The van der Waals surface area contributed by atoms with E-state index in [0.29, 0.717) is 23.8 Å². The lowest BCUT2D eigenvalue weighted by atomic mass is 10.00. The van der Waals surface area contributed by atoms with Crippen LogP contribution >= 0.6 is 0 Å². The number of hydrogen-bond donors (Lipinski definition) is 2. The minimum absolute atomic E-state index is 0.0802. The summed E-state index contributed by atoms with van der Waals surface area (Å²) in [5.74, 6) is 0.221. The highest BCUT2D eigenvalue weighted by molar-refractivity contribution is 6.07. The molecule has 0 atom stereocenters. The number of carbonyl (C=O) groups is 2. The van der Waals surface area contributed by atoms with Gasteiger partial charge in [-0.05, 0) is 64.4 Å². The normalized spacial score (nSPS) is 15.6. The van der Waals surface area contributed by atoms with E-state index in [1.54, 1.807) is 6.07 Å². The number of fused-ring (bicyclic) bond motifs is 4. The molecule has 7 heteroatoms. The molecule has 1 aliphatic heterocycles. The van der Waals surface area contributed by atoms with E-state index >= 15 is 0 Å². The maximum absolute atomic E-state index is 13.2. The average molecular weight is 430 g/mol. The Labute approximate surface area is 186 Å². The van der Waals surface area contributed by atoms with E-state index in [4.69, 9.17) is 0 Å². The van der Waals surface area contributed by atoms with Crippen LogP contribution in [0.4, 0.5) is 5.95 Å². The van der Waals surface area contributed by atoms with E-state index in [1.165, 1.54) is 0 Å². The van der Waals surface area contributed by atoms with Gasteiger partial charge in [-0.1, -0.05) is 18.2 Å². The van der Waals surface area contributed by atoms with Gasteiger partial charge in [0.1, 0.15) is 5.69 Å². The predicted octanol–water partition coefficient (Wildman–Crippen LogP) is 4.69. The third-order valence-electron chi connectivity index (χ3n) is 6.26. The van der Waals surface area contributed by atoms with Gasteiger partial charge in [0.25, 0.3) is 11.8 Å². The molecule has 0 saturated heterocycles. The first kappa shape index (κ1) is 20.3. The molecule has 0 unspecified atom stereocenters. The zero-order valence-corrected chi connectivity index (χ0v) is 18.8. The largest absolute Gasteiger partial charge is 0.351 e. The lowest BCUT2D eigenvalue weighted by molar-refractivity contribution is 0.0950. The quantitative estimate of drug-likeness (QED) is 0.496. The molecule has 0 spiro atoms. The molecule has 0 bridgehead atoms. The highest BCUT2D eigenvalue weighted by atomic mass is 16.2. The molecule has 2 N–H and O–H groups in total. The SMILES string of the molecule is CC(C)n1c(NC(=O)c2ccc3cc4n(c3c2)C(C)(C)CCNC4=O)nc2ccccc21. The topological polar surface area (TPSA) is 81.0 Å². The Bertz CT molecular complexity index is 1380. The van der Waals surface area contributed by atoms with Crippen LogP contribution in [0.3, 0.4) is 0 Å². The minimum atomic E-state index is -0.253. The van der Waals surface area contributed by atoms with Gasteiger partial charge in [0.15, 0.2) is 0 Å². The van der Waals surface area contributed by atoms with Gasteiger partial charge in [0, 0.05) is 34.6 Å². The Morgan fingerprint density at radius 3 is 2.69 bits per heavy atom. The molecule has 2 amide bonds. The number of anilines is 1. The molecule has 4 aromatic rings. The molecule has 0 aliphatic carbocycles. The molecule has 2 aromatic heterocycles. The van der Waals surface area contributed by atoms with Gasteiger partial charge in [-0.3, -0.25) is 14.9 Å². The van der Waals surface area contributed by atoms with Crippen LogP contribution in [-0.2, 0) is 5.54 Å². The summed E-state index contributed by atoms with van der Waals surface area (Å²) in [7, 11) is 0. The second-order valence-electron chi connectivity index (χ2n) is 9.30. The highest BCUT2D eigenvalue weighted by Gasteiger charge is 2.30. The van der Waals surface area contributed by atoms with Gasteiger partial charge < -0.3 is 14.5 Å². The molecule has 5 rings (SSSR count). The molecule has 0 fully saturated rings. The molecule has 32 heavy (non-hydrogen) atoms. The van der Waals surface area contributed by atoms with Gasteiger partial charge in [0.2, 0.25) is 5.95 Å². The van der Waals surface area contributed by atoms with E-state index in [-0.39, 0.29) is 23.4 Å². The molecule has 7 nitrogen and oxygen atoms in total. The van der Waals surface area contributed by atoms with Crippen molar-refractivity contribution in [1.82, 2.24) is 19.4 Å². The summed E-state index contributed by atoms with van der Waals surface area (Å²) < 4.78 is 4.09. The summed E-state index contributed by atoms with van der Waals surface area (Å²) in [6.45, 7) is 9.00. The molecular formula is C25H27N5O2. The summed E-state index contributed by atoms with van der Waals surface area (Å²) in [5.41, 5.74) is 3.61. The van der Waals surface area contributed by atoms with Crippen molar-refractivity contribution in [3.63, 3.8) is 0 Å². The number of nitrogens with zero attached hydrogens (tertiary/aromatic N) is 3. The van der Waals surface area contributed by atoms with Gasteiger partial charge in [-0.2, -0.15) is 0 Å². The second kappa shape index (κ2) is 7.22. The lowest BCUT2D eigenvalue weighted by Crippen LogP contribution is -2.27. The van der Waals surface area contributed by atoms with E-state index in [0.717, 1.165) is 28.4 Å². The van der Waals surface area contributed by atoms with Crippen LogP contribution in [0.1, 0.15) is 61.0 Å². The Balaban J connectivity index is 1.57. The van der Waals surface area contributed by atoms with Crippen LogP contribution in [0.2, 0.25) is 0 Å². The molecule has 2 aromatic carbocycles. The van der Waals surface area contributed by atoms with Crippen LogP contribution in [0.15, 0.2) is 48.5 Å². The number of aromatic nitrogens is 3. The monoisotopic (exact) mass is 429 g/mol. The Morgan fingerprint density at radius 1 is 1.12 bits per heavy atom.